The lowest BCUT2D eigenvalue weighted by Crippen LogP contribution is -2.23. The van der Waals surface area contributed by atoms with Crippen molar-refractivity contribution >= 4 is 23.3 Å². The molecule has 1 aliphatic rings. The summed E-state index contributed by atoms with van der Waals surface area (Å²) in [6.45, 7) is 4.41. The summed E-state index contributed by atoms with van der Waals surface area (Å²) in [4.78, 5) is 2.99. The van der Waals surface area contributed by atoms with E-state index in [4.69, 9.17) is 12.2 Å². The van der Waals surface area contributed by atoms with Crippen LogP contribution in [0.2, 0.25) is 0 Å². The van der Waals surface area contributed by atoms with Crippen LogP contribution in [0.25, 0.3) is 11.0 Å². The molecule has 2 unspecified atom stereocenters. The Labute approximate surface area is 121 Å². The largest absolute Gasteiger partial charge is 0.330 e. The van der Waals surface area contributed by atoms with Gasteiger partial charge in [0.15, 0.2) is 16.4 Å². The van der Waals surface area contributed by atoms with E-state index in [1.165, 1.54) is 6.42 Å². The van der Waals surface area contributed by atoms with E-state index in [0.29, 0.717) is 22.1 Å². The Morgan fingerprint density at radius 3 is 2.45 bits per heavy atom. The fourth-order valence-corrected chi connectivity index (χ4v) is 3.97. The molecule has 2 atom stereocenters. The van der Waals surface area contributed by atoms with Crippen molar-refractivity contribution in [2.45, 2.75) is 39.2 Å². The number of fused-ring (bicyclic) bond motifs is 1. The molecule has 0 spiro atoms. The first-order chi connectivity index (χ1) is 9.47. The molecule has 1 N–H and O–H groups in total. The summed E-state index contributed by atoms with van der Waals surface area (Å²) < 4.78 is 30.0. The number of H-pyrrole nitrogens is 1. The molecule has 1 aromatic carbocycles. The van der Waals surface area contributed by atoms with Crippen molar-refractivity contribution in [2.24, 2.45) is 11.8 Å². The summed E-state index contributed by atoms with van der Waals surface area (Å²) in [6, 6.07) is 2.83. The topological polar surface area (TPSA) is 20.7 Å². The summed E-state index contributed by atoms with van der Waals surface area (Å²) in [5.41, 5.74) is 0.848. The molecular formula is C15H18F2N2S. The van der Waals surface area contributed by atoms with E-state index in [1.54, 1.807) is 10.6 Å². The molecule has 2 nitrogen and oxygen atoms in total. The Morgan fingerprint density at radius 2 is 1.80 bits per heavy atom. The van der Waals surface area contributed by atoms with Gasteiger partial charge in [0.1, 0.15) is 5.52 Å². The third-order valence-corrected chi connectivity index (χ3v) is 4.59. The molecule has 0 bridgehead atoms. The van der Waals surface area contributed by atoms with E-state index >= 15 is 0 Å². The maximum Gasteiger partial charge on any atom is 0.184 e. The van der Waals surface area contributed by atoms with E-state index in [-0.39, 0.29) is 11.6 Å². The molecule has 1 fully saturated rings. The summed E-state index contributed by atoms with van der Waals surface area (Å²) in [5.74, 6) is -0.475. The van der Waals surface area contributed by atoms with Crippen molar-refractivity contribution in [1.82, 2.24) is 9.55 Å². The Morgan fingerprint density at radius 1 is 1.15 bits per heavy atom. The zero-order chi connectivity index (χ0) is 14.4. The number of hydrogen-bond donors (Lipinski definition) is 1. The lowest BCUT2D eigenvalue weighted by atomic mass is 9.80. The van der Waals surface area contributed by atoms with Gasteiger partial charge in [0.05, 0.1) is 5.52 Å². The minimum absolute atomic E-state index is 0.145. The van der Waals surface area contributed by atoms with Gasteiger partial charge in [0.25, 0.3) is 0 Å². The van der Waals surface area contributed by atoms with E-state index in [9.17, 15) is 8.78 Å². The molecule has 0 saturated heterocycles. The average Bonchev–Trinajstić information content (AvgIpc) is 2.70. The third kappa shape index (κ3) is 2.18. The maximum atomic E-state index is 14.2. The van der Waals surface area contributed by atoms with Gasteiger partial charge in [0.2, 0.25) is 0 Å². The SMILES string of the molecule is CC1CC(C)CC(n2c(=S)[nH]c3ccc(F)c(F)c32)C1. The van der Waals surface area contributed by atoms with Crippen molar-refractivity contribution < 1.29 is 8.78 Å². The normalized spacial score (nSPS) is 27.1. The standard InChI is InChI=1S/C15H18F2N2S/c1-8-5-9(2)7-10(6-8)19-14-12(18-15(19)20)4-3-11(16)13(14)17/h3-4,8-10H,5-7H2,1-2H3,(H,18,20). The second-order valence-corrected chi connectivity index (χ2v) is 6.52. The molecule has 108 valence electrons. The lowest BCUT2D eigenvalue weighted by molar-refractivity contribution is 0.222. The number of imidazole rings is 1. The predicted molar refractivity (Wildman–Crippen MR) is 78.3 cm³/mol. The van der Waals surface area contributed by atoms with E-state index in [1.807, 2.05) is 0 Å². The lowest BCUT2D eigenvalue weighted by Gasteiger charge is -2.32. The van der Waals surface area contributed by atoms with Crippen molar-refractivity contribution in [3.05, 3.63) is 28.5 Å². The summed E-state index contributed by atoms with van der Waals surface area (Å²) in [5, 5.41) is 0. The molecule has 1 saturated carbocycles. The van der Waals surface area contributed by atoms with Crippen molar-refractivity contribution in [3.63, 3.8) is 0 Å². The zero-order valence-electron chi connectivity index (χ0n) is 11.6. The van der Waals surface area contributed by atoms with Crippen molar-refractivity contribution in [3.8, 4) is 0 Å². The minimum atomic E-state index is -0.822. The highest BCUT2D eigenvalue weighted by molar-refractivity contribution is 7.71. The maximum absolute atomic E-state index is 14.2. The van der Waals surface area contributed by atoms with Crippen LogP contribution in [0.5, 0.6) is 0 Å². The number of aromatic amines is 1. The fraction of sp³-hybridized carbons (Fsp3) is 0.533. The second-order valence-electron chi connectivity index (χ2n) is 6.13. The van der Waals surface area contributed by atoms with Crippen LogP contribution in [-0.4, -0.2) is 9.55 Å². The minimum Gasteiger partial charge on any atom is -0.330 e. The molecular weight excluding hydrogens is 278 g/mol. The summed E-state index contributed by atoms with van der Waals surface area (Å²) >= 11 is 5.33. The third-order valence-electron chi connectivity index (χ3n) is 4.29. The Bertz CT molecular complexity index is 694. The number of nitrogens with zero attached hydrogens (tertiary/aromatic N) is 1. The molecule has 20 heavy (non-hydrogen) atoms. The van der Waals surface area contributed by atoms with Gasteiger partial charge >= 0.3 is 0 Å². The van der Waals surface area contributed by atoms with Crippen LogP contribution in [0.15, 0.2) is 12.1 Å². The molecule has 1 aromatic heterocycles. The Balaban J connectivity index is 2.18. The van der Waals surface area contributed by atoms with Crippen LogP contribution in [0.3, 0.4) is 0 Å². The summed E-state index contributed by atoms with van der Waals surface area (Å²) in [6.07, 6.45) is 3.10. The van der Waals surface area contributed by atoms with Gasteiger partial charge in [-0.1, -0.05) is 13.8 Å². The molecule has 0 radical (unpaired) electrons. The number of hydrogen-bond acceptors (Lipinski definition) is 1. The molecule has 3 rings (SSSR count). The van der Waals surface area contributed by atoms with Crippen LogP contribution >= 0.6 is 12.2 Å². The van der Waals surface area contributed by atoms with E-state index in [2.05, 4.69) is 18.8 Å². The number of halogens is 2. The van der Waals surface area contributed by atoms with Crippen molar-refractivity contribution in [1.29, 1.82) is 0 Å². The number of aromatic nitrogens is 2. The molecule has 2 aromatic rings. The monoisotopic (exact) mass is 296 g/mol. The fourth-order valence-electron chi connectivity index (χ4n) is 3.62. The Hall–Kier alpha value is -1.23. The van der Waals surface area contributed by atoms with Gasteiger partial charge in [-0.2, -0.15) is 0 Å². The van der Waals surface area contributed by atoms with Gasteiger partial charge in [-0.25, -0.2) is 8.78 Å². The van der Waals surface area contributed by atoms with Crippen LogP contribution in [0.4, 0.5) is 8.78 Å². The molecule has 1 heterocycles. The smallest absolute Gasteiger partial charge is 0.184 e. The van der Waals surface area contributed by atoms with Gasteiger partial charge in [-0.3, -0.25) is 0 Å². The molecule has 5 heteroatoms. The first-order valence-electron chi connectivity index (χ1n) is 7.05. The second kappa shape index (κ2) is 4.95. The quantitative estimate of drug-likeness (QED) is 0.736. The van der Waals surface area contributed by atoms with E-state index in [0.717, 1.165) is 18.9 Å². The van der Waals surface area contributed by atoms with Crippen LogP contribution < -0.4 is 0 Å². The first kappa shape index (κ1) is 13.7. The first-order valence-corrected chi connectivity index (χ1v) is 7.46. The number of rotatable bonds is 1. The van der Waals surface area contributed by atoms with Crippen molar-refractivity contribution in [2.75, 3.05) is 0 Å². The van der Waals surface area contributed by atoms with Crippen LogP contribution in [-0.2, 0) is 0 Å². The van der Waals surface area contributed by atoms with Crippen LogP contribution in [0, 0.1) is 28.2 Å². The number of nitrogens with one attached hydrogen (secondary N) is 1. The van der Waals surface area contributed by atoms with E-state index < -0.39 is 11.6 Å². The predicted octanol–water partition coefficient (Wildman–Crippen LogP) is 4.97. The summed E-state index contributed by atoms with van der Waals surface area (Å²) in [7, 11) is 0. The molecule has 0 amide bonds. The van der Waals surface area contributed by atoms with Crippen LogP contribution in [0.1, 0.15) is 39.2 Å². The van der Waals surface area contributed by atoms with Gasteiger partial charge < -0.3 is 9.55 Å². The highest BCUT2D eigenvalue weighted by Gasteiger charge is 2.28. The molecule has 1 aliphatic carbocycles. The van der Waals surface area contributed by atoms with Gasteiger partial charge in [-0.15, -0.1) is 0 Å². The van der Waals surface area contributed by atoms with Gasteiger partial charge in [0, 0.05) is 6.04 Å². The highest BCUT2D eigenvalue weighted by Crippen LogP contribution is 2.38. The number of benzene rings is 1. The highest BCUT2D eigenvalue weighted by atomic mass is 32.1. The van der Waals surface area contributed by atoms with Gasteiger partial charge in [-0.05, 0) is 55.4 Å². The average molecular weight is 296 g/mol. The Kier molecular flexibility index (Phi) is 3.40. The zero-order valence-corrected chi connectivity index (χ0v) is 12.4. The molecule has 0 aliphatic heterocycles.